The Kier molecular flexibility index (Phi) is 3.06. The standard InChI is InChI=1S/C14H11NO2/c1-3-10-6-5-7-11-8-12(9-15-13(10)11)14(16)17-4-2/h1,5-9H,4H2,2H3. The number of hydrogen-bond donors (Lipinski definition) is 0. The first-order valence-electron chi connectivity index (χ1n) is 5.28. The predicted molar refractivity (Wildman–Crippen MR) is 65.6 cm³/mol. The maximum atomic E-state index is 11.5. The Bertz CT molecular complexity index is 611. The smallest absolute Gasteiger partial charge is 0.339 e. The van der Waals surface area contributed by atoms with Crippen LogP contribution in [-0.2, 0) is 4.74 Å². The van der Waals surface area contributed by atoms with Crippen LogP contribution in [0.2, 0.25) is 0 Å². The van der Waals surface area contributed by atoms with Gasteiger partial charge < -0.3 is 4.74 Å². The molecule has 0 aliphatic carbocycles. The van der Waals surface area contributed by atoms with Crippen molar-refractivity contribution in [3.63, 3.8) is 0 Å². The van der Waals surface area contributed by atoms with Crippen molar-refractivity contribution < 1.29 is 9.53 Å². The Hall–Kier alpha value is -2.34. The summed E-state index contributed by atoms with van der Waals surface area (Å²) >= 11 is 0. The van der Waals surface area contributed by atoms with E-state index in [0.29, 0.717) is 12.2 Å². The molecule has 0 saturated heterocycles. The highest BCUT2D eigenvalue weighted by molar-refractivity contribution is 5.94. The van der Waals surface area contributed by atoms with Crippen LogP contribution < -0.4 is 0 Å². The largest absolute Gasteiger partial charge is 0.462 e. The van der Waals surface area contributed by atoms with Crippen LogP contribution in [0.3, 0.4) is 0 Å². The van der Waals surface area contributed by atoms with Crippen molar-refractivity contribution in [2.45, 2.75) is 6.92 Å². The minimum absolute atomic E-state index is 0.348. The molecule has 1 heterocycles. The monoisotopic (exact) mass is 225 g/mol. The van der Waals surface area contributed by atoms with Gasteiger partial charge in [-0.2, -0.15) is 0 Å². The average Bonchev–Trinajstić information content (AvgIpc) is 2.37. The van der Waals surface area contributed by atoms with E-state index in [1.807, 2.05) is 18.2 Å². The minimum atomic E-state index is -0.368. The van der Waals surface area contributed by atoms with Gasteiger partial charge in [0.25, 0.3) is 0 Å². The van der Waals surface area contributed by atoms with Crippen LogP contribution in [0, 0.1) is 12.3 Å². The fourth-order valence-corrected chi connectivity index (χ4v) is 1.60. The molecule has 3 heteroatoms. The number of hydrogen-bond acceptors (Lipinski definition) is 3. The number of carbonyl (C=O) groups excluding carboxylic acids is 1. The molecule has 1 aromatic heterocycles. The van der Waals surface area contributed by atoms with E-state index in [-0.39, 0.29) is 5.97 Å². The maximum absolute atomic E-state index is 11.5. The van der Waals surface area contributed by atoms with Gasteiger partial charge in [0.15, 0.2) is 0 Å². The summed E-state index contributed by atoms with van der Waals surface area (Å²) in [5.74, 6) is 2.20. The molecule has 0 N–H and O–H groups in total. The van der Waals surface area contributed by atoms with Crippen molar-refractivity contribution in [2.24, 2.45) is 0 Å². The first-order valence-corrected chi connectivity index (χ1v) is 5.28. The summed E-state index contributed by atoms with van der Waals surface area (Å²) in [6, 6.07) is 7.26. The van der Waals surface area contributed by atoms with Crippen LogP contribution in [-0.4, -0.2) is 17.6 Å². The lowest BCUT2D eigenvalue weighted by atomic mass is 10.1. The SMILES string of the molecule is C#Cc1cccc2cc(C(=O)OCC)cnc12. The molecule has 1 aromatic carbocycles. The number of benzene rings is 1. The number of esters is 1. The minimum Gasteiger partial charge on any atom is -0.462 e. The van der Waals surface area contributed by atoms with Crippen LogP contribution in [0.25, 0.3) is 10.9 Å². The summed E-state index contributed by atoms with van der Waals surface area (Å²) in [7, 11) is 0. The molecule has 3 nitrogen and oxygen atoms in total. The van der Waals surface area contributed by atoms with E-state index in [9.17, 15) is 4.79 Å². The molecule has 0 amide bonds. The Morgan fingerprint density at radius 3 is 3.06 bits per heavy atom. The number of ether oxygens (including phenoxy) is 1. The number of fused-ring (bicyclic) bond motifs is 1. The molecule has 0 unspecified atom stereocenters. The van der Waals surface area contributed by atoms with Gasteiger partial charge in [-0.1, -0.05) is 18.1 Å². The van der Waals surface area contributed by atoms with E-state index in [2.05, 4.69) is 10.9 Å². The van der Waals surface area contributed by atoms with Crippen LogP contribution in [0.1, 0.15) is 22.8 Å². The molecule has 17 heavy (non-hydrogen) atoms. The summed E-state index contributed by atoms with van der Waals surface area (Å²) in [6.45, 7) is 2.12. The van der Waals surface area contributed by atoms with Crippen LogP contribution in [0.4, 0.5) is 0 Å². The molecule has 84 valence electrons. The number of nitrogens with zero attached hydrogens (tertiary/aromatic N) is 1. The van der Waals surface area contributed by atoms with Gasteiger partial charge in [0.2, 0.25) is 0 Å². The third-order valence-corrected chi connectivity index (χ3v) is 2.38. The Morgan fingerprint density at radius 2 is 2.35 bits per heavy atom. The molecule has 0 spiro atoms. The number of para-hydroxylation sites is 1. The summed E-state index contributed by atoms with van der Waals surface area (Å²) < 4.78 is 4.91. The van der Waals surface area contributed by atoms with E-state index in [0.717, 1.165) is 16.5 Å². The molecular weight excluding hydrogens is 214 g/mol. The van der Waals surface area contributed by atoms with Crippen molar-refractivity contribution in [3.05, 3.63) is 41.6 Å². The predicted octanol–water partition coefficient (Wildman–Crippen LogP) is 2.39. The zero-order valence-electron chi connectivity index (χ0n) is 9.43. The number of aromatic nitrogens is 1. The first-order chi connectivity index (χ1) is 8.26. The summed E-state index contributed by atoms with van der Waals surface area (Å²) in [4.78, 5) is 15.8. The van der Waals surface area contributed by atoms with Gasteiger partial charge in [0.05, 0.1) is 23.3 Å². The number of terminal acetylenes is 1. The van der Waals surface area contributed by atoms with Crippen LogP contribution in [0.5, 0.6) is 0 Å². The molecule has 0 saturated carbocycles. The van der Waals surface area contributed by atoms with Gasteiger partial charge in [-0.15, -0.1) is 6.42 Å². The maximum Gasteiger partial charge on any atom is 0.339 e. The lowest BCUT2D eigenvalue weighted by Crippen LogP contribution is -2.05. The summed E-state index contributed by atoms with van der Waals surface area (Å²) in [5, 5.41) is 0.839. The molecule has 0 bridgehead atoms. The van der Waals surface area contributed by atoms with Gasteiger partial charge in [0, 0.05) is 11.6 Å². The number of pyridine rings is 1. The molecule has 0 radical (unpaired) electrons. The topological polar surface area (TPSA) is 39.2 Å². The molecule has 2 rings (SSSR count). The Balaban J connectivity index is 2.53. The van der Waals surface area contributed by atoms with E-state index >= 15 is 0 Å². The number of carbonyl (C=O) groups is 1. The zero-order valence-corrected chi connectivity index (χ0v) is 9.43. The van der Waals surface area contributed by atoms with Crippen molar-refractivity contribution >= 4 is 16.9 Å². The molecule has 0 fully saturated rings. The fourth-order valence-electron chi connectivity index (χ4n) is 1.60. The van der Waals surface area contributed by atoms with Crippen LogP contribution >= 0.6 is 0 Å². The quantitative estimate of drug-likeness (QED) is 0.582. The van der Waals surface area contributed by atoms with E-state index in [1.54, 1.807) is 13.0 Å². The molecule has 0 aliphatic heterocycles. The van der Waals surface area contributed by atoms with Gasteiger partial charge in [0.1, 0.15) is 0 Å². The van der Waals surface area contributed by atoms with Crippen molar-refractivity contribution in [1.29, 1.82) is 0 Å². The first kappa shape index (κ1) is 11.2. The van der Waals surface area contributed by atoms with Gasteiger partial charge in [-0.05, 0) is 19.1 Å². The zero-order chi connectivity index (χ0) is 12.3. The second kappa shape index (κ2) is 4.67. The van der Waals surface area contributed by atoms with E-state index in [4.69, 9.17) is 11.2 Å². The van der Waals surface area contributed by atoms with E-state index < -0.39 is 0 Å². The lowest BCUT2D eigenvalue weighted by Gasteiger charge is -2.04. The molecule has 0 atom stereocenters. The summed E-state index contributed by atoms with van der Waals surface area (Å²) in [6.07, 6.45) is 6.87. The molecule has 0 aliphatic rings. The highest BCUT2D eigenvalue weighted by atomic mass is 16.5. The van der Waals surface area contributed by atoms with Gasteiger partial charge in [-0.25, -0.2) is 4.79 Å². The van der Waals surface area contributed by atoms with Gasteiger partial charge in [-0.3, -0.25) is 4.98 Å². The van der Waals surface area contributed by atoms with Crippen molar-refractivity contribution in [1.82, 2.24) is 4.98 Å². The highest BCUT2D eigenvalue weighted by Gasteiger charge is 2.08. The Labute approximate surface area is 99.4 Å². The second-order valence-electron chi connectivity index (χ2n) is 3.47. The highest BCUT2D eigenvalue weighted by Crippen LogP contribution is 2.17. The molecule has 2 aromatic rings. The van der Waals surface area contributed by atoms with Crippen molar-refractivity contribution in [3.8, 4) is 12.3 Å². The lowest BCUT2D eigenvalue weighted by molar-refractivity contribution is 0.0526. The van der Waals surface area contributed by atoms with E-state index in [1.165, 1.54) is 6.20 Å². The van der Waals surface area contributed by atoms with Crippen LogP contribution in [0.15, 0.2) is 30.5 Å². The third-order valence-electron chi connectivity index (χ3n) is 2.38. The fraction of sp³-hybridized carbons (Fsp3) is 0.143. The third kappa shape index (κ3) is 2.11. The number of rotatable bonds is 2. The Morgan fingerprint density at radius 1 is 1.53 bits per heavy atom. The normalized spacial score (nSPS) is 9.88. The molecular formula is C14H11NO2. The average molecular weight is 225 g/mol. The summed E-state index contributed by atoms with van der Waals surface area (Å²) in [5.41, 5.74) is 1.88. The van der Waals surface area contributed by atoms with Gasteiger partial charge >= 0.3 is 5.97 Å². The van der Waals surface area contributed by atoms with Crippen molar-refractivity contribution in [2.75, 3.05) is 6.61 Å². The second-order valence-corrected chi connectivity index (χ2v) is 3.47.